The van der Waals surface area contributed by atoms with Gasteiger partial charge in [-0.3, -0.25) is 9.59 Å². The van der Waals surface area contributed by atoms with Crippen molar-refractivity contribution in [3.8, 4) is 0 Å². The zero-order chi connectivity index (χ0) is 16.8. The minimum absolute atomic E-state index is 0.228. The molecule has 2 N–H and O–H groups in total. The first-order valence-corrected chi connectivity index (χ1v) is 8.27. The van der Waals surface area contributed by atoms with Crippen LogP contribution in [-0.4, -0.2) is 31.6 Å². The molecule has 124 valence electrons. The van der Waals surface area contributed by atoms with Crippen LogP contribution in [0.4, 0.5) is 5.69 Å². The summed E-state index contributed by atoms with van der Waals surface area (Å²) in [6, 6.07) is 10.4. The van der Waals surface area contributed by atoms with Crippen LogP contribution < -0.4 is 10.6 Å². The molecule has 0 radical (unpaired) electrons. The molecule has 0 fully saturated rings. The van der Waals surface area contributed by atoms with Crippen molar-refractivity contribution in [3.63, 3.8) is 0 Å². The van der Waals surface area contributed by atoms with Gasteiger partial charge in [0, 0.05) is 0 Å². The van der Waals surface area contributed by atoms with Crippen molar-refractivity contribution in [2.45, 2.75) is 0 Å². The molecule has 6 nitrogen and oxygen atoms in total. The molecule has 0 atom stereocenters. The number of anilines is 1. The predicted molar refractivity (Wildman–Crippen MR) is 91.0 cm³/mol. The fourth-order valence-electron chi connectivity index (χ4n) is 2.14. The number of hydrogen-bond acceptors (Lipinski definition) is 5. The lowest BCUT2D eigenvalue weighted by Crippen LogP contribution is -2.28. The van der Waals surface area contributed by atoms with Crippen LogP contribution in [0.25, 0.3) is 0 Å². The molecule has 1 aromatic carbocycles. The van der Waals surface area contributed by atoms with Gasteiger partial charge in [0.2, 0.25) is 0 Å². The van der Waals surface area contributed by atoms with Crippen LogP contribution in [0, 0.1) is 0 Å². The fraction of sp³-hybridized carbons (Fsp3) is 0.176. The average molecular weight is 344 g/mol. The van der Waals surface area contributed by atoms with Crippen LogP contribution in [0.3, 0.4) is 0 Å². The van der Waals surface area contributed by atoms with E-state index in [2.05, 4.69) is 10.6 Å². The van der Waals surface area contributed by atoms with Crippen molar-refractivity contribution in [3.05, 3.63) is 64.2 Å². The lowest BCUT2D eigenvalue weighted by molar-refractivity contribution is 0.0775. The van der Waals surface area contributed by atoms with E-state index in [1.54, 1.807) is 36.4 Å². The highest BCUT2D eigenvalue weighted by Gasteiger charge is 2.15. The molecule has 0 saturated heterocycles. The predicted octanol–water partition coefficient (Wildman–Crippen LogP) is 2.62. The van der Waals surface area contributed by atoms with Gasteiger partial charge in [-0.05, 0) is 23.6 Å². The molecular weight excluding hydrogens is 328 g/mol. The number of ether oxygens (including phenoxy) is 2. The average Bonchev–Trinajstić information content (AvgIpc) is 3.16. The number of amides is 2. The van der Waals surface area contributed by atoms with E-state index in [0.29, 0.717) is 35.1 Å². The third kappa shape index (κ3) is 3.94. The Bertz CT molecular complexity index is 756. The first kappa shape index (κ1) is 16.1. The monoisotopic (exact) mass is 344 g/mol. The van der Waals surface area contributed by atoms with E-state index in [0.717, 1.165) is 0 Å². The molecule has 2 amide bonds. The molecule has 0 saturated carbocycles. The van der Waals surface area contributed by atoms with Crippen LogP contribution in [0.5, 0.6) is 0 Å². The third-order valence-electron chi connectivity index (χ3n) is 3.29. The van der Waals surface area contributed by atoms with Crippen LogP contribution in [0.15, 0.2) is 53.8 Å². The quantitative estimate of drug-likeness (QED) is 0.874. The van der Waals surface area contributed by atoms with Crippen molar-refractivity contribution in [1.82, 2.24) is 5.32 Å². The Kier molecular flexibility index (Phi) is 5.12. The van der Waals surface area contributed by atoms with Crippen LogP contribution in [0.1, 0.15) is 20.0 Å². The van der Waals surface area contributed by atoms with Gasteiger partial charge in [0.1, 0.15) is 25.2 Å². The van der Waals surface area contributed by atoms with E-state index in [1.165, 1.54) is 17.6 Å². The number of rotatable bonds is 5. The van der Waals surface area contributed by atoms with Crippen molar-refractivity contribution in [2.24, 2.45) is 0 Å². The Balaban J connectivity index is 1.67. The van der Waals surface area contributed by atoms with Crippen molar-refractivity contribution in [1.29, 1.82) is 0 Å². The summed E-state index contributed by atoms with van der Waals surface area (Å²) in [7, 11) is 0. The lowest BCUT2D eigenvalue weighted by Gasteiger charge is -2.16. The molecule has 2 heterocycles. The Morgan fingerprint density at radius 3 is 2.71 bits per heavy atom. The second-order valence-corrected chi connectivity index (χ2v) is 5.91. The smallest absolute Gasteiger partial charge is 0.265 e. The molecule has 0 bridgehead atoms. The Labute approximate surface area is 143 Å². The highest BCUT2D eigenvalue weighted by atomic mass is 32.1. The van der Waals surface area contributed by atoms with E-state index in [9.17, 15) is 9.59 Å². The molecule has 7 heteroatoms. The van der Waals surface area contributed by atoms with Gasteiger partial charge < -0.3 is 20.1 Å². The fourth-order valence-corrected chi connectivity index (χ4v) is 2.76. The van der Waals surface area contributed by atoms with E-state index >= 15 is 0 Å². The topological polar surface area (TPSA) is 76.7 Å². The zero-order valence-corrected chi connectivity index (χ0v) is 13.6. The minimum Gasteiger partial charge on any atom is -0.494 e. The van der Waals surface area contributed by atoms with Gasteiger partial charge in [0.15, 0.2) is 0 Å². The lowest BCUT2D eigenvalue weighted by atomic mass is 10.1. The number of thiophene rings is 1. The molecule has 1 aromatic heterocycles. The highest BCUT2D eigenvalue weighted by molar-refractivity contribution is 7.12. The van der Waals surface area contributed by atoms with Crippen molar-refractivity contribution in [2.75, 3.05) is 25.1 Å². The van der Waals surface area contributed by atoms with Gasteiger partial charge >= 0.3 is 0 Å². The minimum atomic E-state index is -0.299. The first-order chi connectivity index (χ1) is 11.7. The maximum Gasteiger partial charge on any atom is 0.265 e. The molecule has 0 aliphatic carbocycles. The van der Waals surface area contributed by atoms with Crippen molar-refractivity contribution < 1.29 is 19.1 Å². The van der Waals surface area contributed by atoms with Gasteiger partial charge in [-0.1, -0.05) is 18.2 Å². The summed E-state index contributed by atoms with van der Waals surface area (Å²) >= 11 is 1.34. The number of hydrogen-bond donors (Lipinski definition) is 2. The van der Waals surface area contributed by atoms with Crippen LogP contribution >= 0.6 is 11.3 Å². The van der Waals surface area contributed by atoms with Gasteiger partial charge in [-0.15, -0.1) is 11.3 Å². The van der Waals surface area contributed by atoms with Gasteiger partial charge in [-0.25, -0.2) is 0 Å². The Morgan fingerprint density at radius 2 is 1.96 bits per heavy atom. The summed E-state index contributed by atoms with van der Waals surface area (Å²) in [6.07, 6.45) is 1.49. The number of para-hydroxylation sites is 1. The highest BCUT2D eigenvalue weighted by Crippen LogP contribution is 2.18. The normalized spacial score (nSPS) is 13.2. The van der Waals surface area contributed by atoms with Gasteiger partial charge in [0.25, 0.3) is 11.8 Å². The number of carbonyl (C=O) groups is 2. The standard InChI is InChI=1S/C17H16N2O4S/c20-16(18-10-12-11-22-7-8-23-12)13-4-1-2-5-14(13)19-17(21)15-6-3-9-24-15/h1-6,9,11H,7-8,10H2,(H,18,20)(H,19,21). The number of nitrogens with one attached hydrogen (secondary N) is 2. The largest absolute Gasteiger partial charge is 0.494 e. The molecule has 2 aromatic rings. The Hall–Kier alpha value is -2.80. The summed E-state index contributed by atoms with van der Waals surface area (Å²) in [5.74, 6) is 0.0267. The summed E-state index contributed by atoms with van der Waals surface area (Å²) in [4.78, 5) is 25.2. The second kappa shape index (κ2) is 7.65. The Morgan fingerprint density at radius 1 is 1.08 bits per heavy atom. The van der Waals surface area contributed by atoms with Crippen LogP contribution in [0.2, 0.25) is 0 Å². The maximum atomic E-state index is 12.4. The van der Waals surface area contributed by atoms with E-state index in [1.807, 2.05) is 5.38 Å². The van der Waals surface area contributed by atoms with Crippen molar-refractivity contribution >= 4 is 28.8 Å². The van der Waals surface area contributed by atoms with E-state index in [4.69, 9.17) is 9.47 Å². The molecular formula is C17H16N2O4S. The maximum absolute atomic E-state index is 12.4. The number of benzene rings is 1. The summed E-state index contributed by atoms with van der Waals surface area (Å²) in [5, 5.41) is 7.35. The van der Waals surface area contributed by atoms with Gasteiger partial charge in [-0.2, -0.15) is 0 Å². The molecule has 0 spiro atoms. The second-order valence-electron chi connectivity index (χ2n) is 4.96. The van der Waals surface area contributed by atoms with Crippen LogP contribution in [-0.2, 0) is 9.47 Å². The zero-order valence-electron chi connectivity index (χ0n) is 12.8. The molecule has 24 heavy (non-hydrogen) atoms. The van der Waals surface area contributed by atoms with Gasteiger partial charge in [0.05, 0.1) is 22.7 Å². The molecule has 1 aliphatic heterocycles. The molecule has 0 unspecified atom stereocenters. The van der Waals surface area contributed by atoms with E-state index < -0.39 is 0 Å². The summed E-state index contributed by atoms with van der Waals surface area (Å²) in [5.41, 5.74) is 0.850. The molecule has 1 aliphatic rings. The first-order valence-electron chi connectivity index (χ1n) is 7.39. The van der Waals surface area contributed by atoms with E-state index in [-0.39, 0.29) is 18.4 Å². The number of carbonyl (C=O) groups excluding carboxylic acids is 2. The molecule has 3 rings (SSSR count). The third-order valence-corrected chi connectivity index (χ3v) is 4.16. The summed E-state index contributed by atoms with van der Waals surface area (Å²) < 4.78 is 10.5. The SMILES string of the molecule is O=C(Nc1ccccc1C(=O)NCC1=COCCO1)c1cccs1. The summed E-state index contributed by atoms with van der Waals surface area (Å²) in [6.45, 7) is 1.20.